The largest absolute Gasteiger partial charge is 0.478 e. The highest BCUT2D eigenvalue weighted by molar-refractivity contribution is 5.97. The molecule has 1 heterocycles. The number of nitrogens with zero attached hydrogens (tertiary/aromatic N) is 1. The van der Waals surface area contributed by atoms with Crippen LogP contribution in [0, 0.1) is 0 Å². The Kier molecular flexibility index (Phi) is 6.39. The number of morpholine rings is 1. The van der Waals surface area contributed by atoms with Gasteiger partial charge in [-0.2, -0.15) is 0 Å². The molecule has 0 spiro atoms. The van der Waals surface area contributed by atoms with Crippen molar-refractivity contribution in [2.75, 3.05) is 31.6 Å². The fraction of sp³-hybridized carbons (Fsp3) is 0.286. The maximum absolute atomic E-state index is 12.6. The van der Waals surface area contributed by atoms with Gasteiger partial charge in [0.2, 0.25) is 5.91 Å². The van der Waals surface area contributed by atoms with E-state index in [-0.39, 0.29) is 23.8 Å². The highest BCUT2D eigenvalue weighted by Crippen LogP contribution is 2.16. The Morgan fingerprint density at radius 3 is 2.54 bits per heavy atom. The van der Waals surface area contributed by atoms with E-state index in [0.717, 1.165) is 0 Å². The van der Waals surface area contributed by atoms with Crippen LogP contribution in [0.2, 0.25) is 0 Å². The summed E-state index contributed by atoms with van der Waals surface area (Å²) in [4.78, 5) is 37.8. The maximum Gasteiger partial charge on any atom is 0.335 e. The van der Waals surface area contributed by atoms with E-state index >= 15 is 0 Å². The van der Waals surface area contributed by atoms with Gasteiger partial charge in [-0.15, -0.1) is 0 Å². The Morgan fingerprint density at radius 1 is 1.04 bits per heavy atom. The van der Waals surface area contributed by atoms with Crippen LogP contribution in [0.5, 0.6) is 0 Å². The van der Waals surface area contributed by atoms with Gasteiger partial charge in [-0.25, -0.2) is 4.79 Å². The number of amides is 2. The molecule has 1 aliphatic heterocycles. The summed E-state index contributed by atoms with van der Waals surface area (Å²) >= 11 is 0. The lowest BCUT2D eigenvalue weighted by molar-refractivity contribution is -0.116. The fourth-order valence-corrected chi connectivity index (χ4v) is 3.10. The number of ether oxygens (including phenoxy) is 1. The number of carboxylic acids is 1. The zero-order valence-electron chi connectivity index (χ0n) is 15.4. The molecule has 0 radical (unpaired) electrons. The van der Waals surface area contributed by atoms with Crippen molar-refractivity contribution < 1.29 is 24.2 Å². The molecular formula is C21H22N2O5. The molecule has 0 unspecified atom stereocenters. The second-order valence-corrected chi connectivity index (χ2v) is 6.50. The molecule has 28 heavy (non-hydrogen) atoms. The quantitative estimate of drug-likeness (QED) is 0.800. The molecule has 1 saturated heterocycles. The van der Waals surface area contributed by atoms with Crippen LogP contribution in [0.25, 0.3) is 0 Å². The summed E-state index contributed by atoms with van der Waals surface area (Å²) in [5.74, 6) is -1.34. The van der Waals surface area contributed by atoms with Gasteiger partial charge in [-0.1, -0.05) is 24.3 Å². The maximum atomic E-state index is 12.6. The molecule has 0 atom stereocenters. The normalized spacial score (nSPS) is 13.8. The lowest BCUT2D eigenvalue weighted by Crippen LogP contribution is -2.40. The summed E-state index contributed by atoms with van der Waals surface area (Å²) in [5.41, 5.74) is 1.86. The van der Waals surface area contributed by atoms with Crippen LogP contribution in [-0.4, -0.2) is 54.1 Å². The molecule has 0 saturated carbocycles. The summed E-state index contributed by atoms with van der Waals surface area (Å²) in [5, 5.41) is 12.0. The van der Waals surface area contributed by atoms with Gasteiger partial charge < -0.3 is 20.1 Å². The minimum atomic E-state index is -1.01. The van der Waals surface area contributed by atoms with E-state index in [0.29, 0.717) is 49.5 Å². The van der Waals surface area contributed by atoms with Crippen molar-refractivity contribution in [3.8, 4) is 0 Å². The molecule has 2 amide bonds. The van der Waals surface area contributed by atoms with Gasteiger partial charge >= 0.3 is 5.97 Å². The predicted molar refractivity (Wildman–Crippen MR) is 104 cm³/mol. The van der Waals surface area contributed by atoms with Crippen LogP contribution < -0.4 is 5.32 Å². The molecule has 0 aromatic heterocycles. The number of carboxylic acid groups (broad SMARTS) is 1. The van der Waals surface area contributed by atoms with Crippen molar-refractivity contribution in [1.82, 2.24) is 4.90 Å². The standard InChI is InChI=1S/C21H22N2O5/c24-19(9-8-15-4-1-2-7-18(15)21(26)27)22-17-6-3-5-16(14-17)20(25)23-10-12-28-13-11-23/h1-7,14H,8-13H2,(H,22,24)(H,26,27). The van der Waals surface area contributed by atoms with Crippen LogP contribution in [0.4, 0.5) is 5.69 Å². The molecule has 1 aliphatic rings. The van der Waals surface area contributed by atoms with Gasteiger partial charge in [0.1, 0.15) is 0 Å². The SMILES string of the molecule is O=C(CCc1ccccc1C(=O)O)Nc1cccc(C(=O)N2CCOCC2)c1. The van der Waals surface area contributed by atoms with E-state index in [1.54, 1.807) is 47.4 Å². The van der Waals surface area contributed by atoms with Crippen molar-refractivity contribution in [3.05, 3.63) is 65.2 Å². The van der Waals surface area contributed by atoms with E-state index in [1.165, 1.54) is 6.07 Å². The number of carbonyl (C=O) groups is 3. The smallest absolute Gasteiger partial charge is 0.335 e. The lowest BCUT2D eigenvalue weighted by Gasteiger charge is -2.27. The number of benzene rings is 2. The lowest BCUT2D eigenvalue weighted by atomic mass is 10.0. The monoisotopic (exact) mass is 382 g/mol. The van der Waals surface area contributed by atoms with Crippen LogP contribution in [-0.2, 0) is 16.0 Å². The van der Waals surface area contributed by atoms with Crippen LogP contribution in [0.15, 0.2) is 48.5 Å². The van der Waals surface area contributed by atoms with Crippen molar-refractivity contribution in [1.29, 1.82) is 0 Å². The topological polar surface area (TPSA) is 95.9 Å². The molecule has 0 bridgehead atoms. The van der Waals surface area contributed by atoms with E-state index in [2.05, 4.69) is 5.32 Å². The summed E-state index contributed by atoms with van der Waals surface area (Å²) in [6.45, 7) is 2.16. The zero-order valence-corrected chi connectivity index (χ0v) is 15.4. The number of aromatic carboxylic acids is 1. The molecule has 2 N–H and O–H groups in total. The molecule has 7 nitrogen and oxygen atoms in total. The number of anilines is 1. The van der Waals surface area contributed by atoms with Gasteiger partial charge in [0.05, 0.1) is 18.8 Å². The van der Waals surface area contributed by atoms with Gasteiger partial charge in [0.15, 0.2) is 0 Å². The average Bonchev–Trinajstić information content (AvgIpc) is 2.72. The summed E-state index contributed by atoms with van der Waals surface area (Å²) in [7, 11) is 0. The fourth-order valence-electron chi connectivity index (χ4n) is 3.10. The van der Waals surface area contributed by atoms with Crippen LogP contribution >= 0.6 is 0 Å². The van der Waals surface area contributed by atoms with Crippen molar-refractivity contribution in [3.63, 3.8) is 0 Å². The summed E-state index contributed by atoms with van der Waals surface area (Å²) in [6, 6.07) is 13.5. The first-order valence-corrected chi connectivity index (χ1v) is 9.13. The minimum absolute atomic E-state index is 0.0882. The first-order chi connectivity index (χ1) is 13.5. The molecule has 2 aromatic rings. The zero-order chi connectivity index (χ0) is 19.9. The van der Waals surface area contributed by atoms with Gasteiger partial charge in [-0.3, -0.25) is 9.59 Å². The molecule has 7 heteroatoms. The molecule has 146 valence electrons. The number of carbonyl (C=O) groups excluding carboxylic acids is 2. The number of hydrogen-bond donors (Lipinski definition) is 2. The first-order valence-electron chi connectivity index (χ1n) is 9.13. The van der Waals surface area contributed by atoms with E-state index in [4.69, 9.17) is 4.74 Å². The molecular weight excluding hydrogens is 360 g/mol. The van der Waals surface area contributed by atoms with Gasteiger partial charge in [0, 0.05) is 30.8 Å². The van der Waals surface area contributed by atoms with Crippen LogP contribution in [0.1, 0.15) is 32.7 Å². The third-order valence-corrected chi connectivity index (χ3v) is 4.56. The number of hydrogen-bond acceptors (Lipinski definition) is 4. The molecule has 3 rings (SSSR count). The Morgan fingerprint density at radius 2 is 1.79 bits per heavy atom. The second-order valence-electron chi connectivity index (χ2n) is 6.50. The third kappa shape index (κ3) is 4.95. The Labute approximate surface area is 162 Å². The van der Waals surface area contributed by atoms with Gasteiger partial charge in [-0.05, 0) is 36.2 Å². The third-order valence-electron chi connectivity index (χ3n) is 4.56. The van der Waals surface area contributed by atoms with Crippen molar-refractivity contribution >= 4 is 23.5 Å². The van der Waals surface area contributed by atoms with E-state index in [9.17, 15) is 19.5 Å². The predicted octanol–water partition coefficient (Wildman–Crippen LogP) is 2.43. The number of rotatable bonds is 6. The minimum Gasteiger partial charge on any atom is -0.478 e. The average molecular weight is 382 g/mol. The Balaban J connectivity index is 1.60. The molecule has 1 fully saturated rings. The van der Waals surface area contributed by atoms with Crippen molar-refractivity contribution in [2.45, 2.75) is 12.8 Å². The summed E-state index contributed by atoms with van der Waals surface area (Å²) < 4.78 is 5.26. The van der Waals surface area contributed by atoms with Crippen molar-refractivity contribution in [2.24, 2.45) is 0 Å². The van der Waals surface area contributed by atoms with Gasteiger partial charge in [0.25, 0.3) is 5.91 Å². The number of nitrogens with one attached hydrogen (secondary N) is 1. The Bertz CT molecular complexity index is 875. The summed E-state index contributed by atoms with van der Waals surface area (Å²) in [6.07, 6.45) is 0.465. The van der Waals surface area contributed by atoms with Crippen LogP contribution in [0.3, 0.4) is 0 Å². The molecule has 2 aromatic carbocycles. The Hall–Kier alpha value is -3.19. The highest BCUT2D eigenvalue weighted by Gasteiger charge is 2.19. The second kappa shape index (κ2) is 9.14. The van der Waals surface area contributed by atoms with E-state index < -0.39 is 5.97 Å². The first kappa shape index (κ1) is 19.6. The molecule has 0 aliphatic carbocycles. The van der Waals surface area contributed by atoms with E-state index in [1.807, 2.05) is 0 Å². The number of aryl methyl sites for hydroxylation is 1. The highest BCUT2D eigenvalue weighted by atomic mass is 16.5.